The fourth-order valence-corrected chi connectivity index (χ4v) is 4.47. The van der Waals surface area contributed by atoms with E-state index in [9.17, 15) is 49.1 Å². The summed E-state index contributed by atoms with van der Waals surface area (Å²) in [5.74, 6) is -2.75. The van der Waals surface area contributed by atoms with Gasteiger partial charge in [0.05, 0.1) is 35.0 Å². The summed E-state index contributed by atoms with van der Waals surface area (Å²) < 4.78 is 136. The molecule has 0 aliphatic carbocycles. The van der Waals surface area contributed by atoms with Gasteiger partial charge in [0, 0.05) is 6.61 Å². The molecule has 3 aromatic rings. The molecular weight excluding hydrogens is 660 g/mol. The van der Waals surface area contributed by atoms with Crippen LogP contribution in [0.2, 0.25) is 10.0 Å². The molecule has 44 heavy (non-hydrogen) atoms. The summed E-state index contributed by atoms with van der Waals surface area (Å²) in [5.41, 5.74) is -8.78. The molecule has 7 nitrogen and oxygen atoms in total. The number of hydrogen-bond acceptors (Lipinski definition) is 6. The molecule has 1 atom stereocenters. The number of benzene rings is 2. The van der Waals surface area contributed by atoms with Gasteiger partial charge in [-0.25, -0.2) is 9.78 Å². The Kier molecular flexibility index (Phi) is 10.5. The number of aromatic nitrogens is 2. The monoisotopic (exact) mass is 679 g/mol. The van der Waals surface area contributed by atoms with Crippen LogP contribution in [0.25, 0.3) is 0 Å². The van der Waals surface area contributed by atoms with E-state index in [4.69, 9.17) is 32.7 Å². The van der Waals surface area contributed by atoms with Crippen LogP contribution in [0.15, 0.2) is 47.3 Å². The first-order chi connectivity index (χ1) is 20.3. The van der Waals surface area contributed by atoms with Gasteiger partial charge in [-0.15, -0.1) is 0 Å². The minimum atomic E-state index is -5.53. The Labute approximate surface area is 252 Å². The van der Waals surface area contributed by atoms with Crippen molar-refractivity contribution in [2.24, 2.45) is 0 Å². The van der Waals surface area contributed by atoms with E-state index in [2.05, 4.69) is 4.98 Å². The van der Waals surface area contributed by atoms with Gasteiger partial charge in [-0.2, -0.15) is 39.5 Å². The molecule has 3 rings (SSSR count). The van der Waals surface area contributed by atoms with Gasteiger partial charge in [0.2, 0.25) is 12.2 Å². The lowest BCUT2D eigenvalue weighted by Gasteiger charge is -2.34. The van der Waals surface area contributed by atoms with Gasteiger partial charge in [0.1, 0.15) is 5.02 Å². The molecule has 0 spiro atoms. The highest BCUT2D eigenvalue weighted by Gasteiger charge is 2.44. The van der Waals surface area contributed by atoms with Crippen LogP contribution in [-0.4, -0.2) is 35.0 Å². The van der Waals surface area contributed by atoms with Crippen LogP contribution in [0.4, 0.5) is 51.1 Å². The first-order valence-electron chi connectivity index (χ1n) is 12.3. The molecule has 240 valence electrons. The molecule has 0 fully saturated rings. The summed E-state index contributed by atoms with van der Waals surface area (Å²) in [4.78, 5) is 29.9. The quantitative estimate of drug-likeness (QED) is 0.131. The third-order valence-electron chi connectivity index (χ3n) is 5.75. The molecule has 0 bridgehead atoms. The van der Waals surface area contributed by atoms with E-state index >= 15 is 0 Å². The summed E-state index contributed by atoms with van der Waals surface area (Å²) in [6.07, 6.45) is -18.8. The van der Waals surface area contributed by atoms with Crippen LogP contribution in [0.1, 0.15) is 36.2 Å². The third-order valence-corrected chi connectivity index (χ3v) is 6.49. The number of carbonyl (C=O) groups is 1. The highest BCUT2D eigenvalue weighted by molar-refractivity contribution is 6.34. The Hall–Kier alpha value is -3.50. The van der Waals surface area contributed by atoms with E-state index < -0.39 is 94.5 Å². The van der Waals surface area contributed by atoms with E-state index in [-0.39, 0.29) is 22.6 Å². The van der Waals surface area contributed by atoms with E-state index in [1.807, 2.05) is 0 Å². The number of hydrogen-bond donors (Lipinski definition) is 0. The smallest absolute Gasteiger partial charge is 0.435 e. The lowest BCUT2D eigenvalue weighted by molar-refractivity contribution is -0.155. The second-order valence-corrected chi connectivity index (χ2v) is 9.49. The van der Waals surface area contributed by atoms with Crippen LogP contribution in [0.5, 0.6) is 0 Å². The number of halogens is 11. The summed E-state index contributed by atoms with van der Waals surface area (Å²) in [6.45, 7) is 0.996. The zero-order valence-electron chi connectivity index (χ0n) is 22.4. The van der Waals surface area contributed by atoms with Crippen LogP contribution < -0.4 is 10.5 Å². The number of ether oxygens (including phenoxy) is 2. The average Bonchev–Trinajstić information content (AvgIpc) is 2.91. The predicted octanol–water partition coefficient (Wildman–Crippen LogP) is 7.72. The molecular formula is C26H20Cl2F9N3O4. The lowest BCUT2D eigenvalue weighted by atomic mass is 10.1. The summed E-state index contributed by atoms with van der Waals surface area (Å²) >= 11 is 11.7. The van der Waals surface area contributed by atoms with Crippen molar-refractivity contribution < 1.29 is 53.8 Å². The van der Waals surface area contributed by atoms with Crippen molar-refractivity contribution in [3.63, 3.8) is 0 Å². The molecule has 1 aromatic heterocycles. The normalized spacial score (nSPS) is 13.1. The molecule has 18 heteroatoms. The van der Waals surface area contributed by atoms with E-state index in [0.717, 1.165) is 0 Å². The maximum absolute atomic E-state index is 14.0. The minimum absolute atomic E-state index is 0.0453. The van der Waals surface area contributed by atoms with Gasteiger partial charge in [0.25, 0.3) is 5.56 Å². The number of anilines is 2. The zero-order valence-corrected chi connectivity index (χ0v) is 23.9. The van der Waals surface area contributed by atoms with Gasteiger partial charge in [-0.05, 0) is 31.5 Å². The number of alkyl halides is 9. The molecule has 1 unspecified atom stereocenters. The number of rotatable bonds is 9. The largest absolute Gasteiger partial charge is 0.463 e. The summed E-state index contributed by atoms with van der Waals surface area (Å²) in [6, 6.07) is 7.01. The van der Waals surface area contributed by atoms with Crippen molar-refractivity contribution in [1.82, 2.24) is 9.55 Å². The predicted molar refractivity (Wildman–Crippen MR) is 140 cm³/mol. The average molecular weight is 680 g/mol. The standard InChI is InChI=1S/C26H20Cl2F9N3O4/c1-3-43-21(22(42)44-4-2)40(16-11-14(24(29,30)31)10-15(17(16)27)25(32,33)34)23-38-19(26(35,36)37)18(28)20(41)39(23)12-13-8-6-5-7-9-13/h5-11,21H,3-4,12H2,1-2H3. The Morgan fingerprint density at radius 1 is 0.909 bits per heavy atom. The van der Waals surface area contributed by atoms with E-state index in [1.54, 1.807) is 6.07 Å². The maximum atomic E-state index is 14.0. The molecule has 0 aliphatic rings. The third kappa shape index (κ3) is 7.58. The van der Waals surface area contributed by atoms with E-state index in [0.29, 0.717) is 4.57 Å². The van der Waals surface area contributed by atoms with E-state index in [1.165, 1.54) is 38.1 Å². The van der Waals surface area contributed by atoms with Gasteiger partial charge < -0.3 is 9.47 Å². The molecule has 0 saturated heterocycles. The zero-order chi connectivity index (χ0) is 33.2. The first-order valence-corrected chi connectivity index (χ1v) is 13.0. The first kappa shape index (κ1) is 35.0. The van der Waals surface area contributed by atoms with Gasteiger partial charge >= 0.3 is 24.5 Å². The van der Waals surface area contributed by atoms with Gasteiger partial charge in [-0.1, -0.05) is 53.5 Å². The molecule has 0 aliphatic heterocycles. The second-order valence-electron chi connectivity index (χ2n) is 8.73. The van der Waals surface area contributed by atoms with Crippen molar-refractivity contribution in [3.05, 3.63) is 85.2 Å². The molecule has 2 aromatic carbocycles. The van der Waals surface area contributed by atoms with Gasteiger partial charge in [0.15, 0.2) is 5.69 Å². The van der Waals surface area contributed by atoms with Crippen LogP contribution >= 0.6 is 23.2 Å². The fourth-order valence-electron chi connectivity index (χ4n) is 3.91. The maximum Gasteiger partial charge on any atom is 0.435 e. The Morgan fingerprint density at radius 3 is 2.02 bits per heavy atom. The second kappa shape index (κ2) is 13.2. The highest BCUT2D eigenvalue weighted by atomic mass is 35.5. The highest BCUT2D eigenvalue weighted by Crippen LogP contribution is 2.46. The topological polar surface area (TPSA) is 73.7 Å². The number of carbonyl (C=O) groups excluding carboxylic acids is 1. The number of nitrogens with zero attached hydrogens (tertiary/aromatic N) is 3. The van der Waals surface area contributed by atoms with Crippen molar-refractivity contribution in [3.8, 4) is 0 Å². The SMILES string of the molecule is CCOC(=O)C(OCC)N(c1cc(C(F)(F)F)cc(C(F)(F)F)c1Cl)c1nc(C(F)(F)F)c(Cl)c(=O)n1Cc1ccccc1. The molecule has 0 saturated carbocycles. The lowest BCUT2D eigenvalue weighted by Crippen LogP contribution is -2.45. The van der Waals surface area contributed by atoms with Crippen molar-refractivity contribution >= 4 is 40.8 Å². The Balaban J connectivity index is 2.60. The molecule has 0 N–H and O–H groups in total. The van der Waals surface area contributed by atoms with Crippen molar-refractivity contribution in [2.75, 3.05) is 18.1 Å². The summed E-state index contributed by atoms with van der Waals surface area (Å²) in [7, 11) is 0. The molecule has 0 radical (unpaired) electrons. The fraction of sp³-hybridized carbons (Fsp3) is 0.346. The Bertz CT molecular complexity index is 1560. The van der Waals surface area contributed by atoms with Crippen molar-refractivity contribution in [2.45, 2.75) is 45.1 Å². The summed E-state index contributed by atoms with van der Waals surface area (Å²) in [5, 5.41) is -2.95. The van der Waals surface area contributed by atoms with Crippen LogP contribution in [0.3, 0.4) is 0 Å². The minimum Gasteiger partial charge on any atom is -0.463 e. The van der Waals surface area contributed by atoms with Crippen LogP contribution in [0, 0.1) is 0 Å². The Morgan fingerprint density at radius 2 is 1.52 bits per heavy atom. The van der Waals surface area contributed by atoms with Crippen molar-refractivity contribution in [1.29, 1.82) is 0 Å². The number of esters is 1. The molecule has 1 heterocycles. The van der Waals surface area contributed by atoms with Gasteiger partial charge in [-0.3, -0.25) is 14.3 Å². The van der Waals surface area contributed by atoms with Crippen LogP contribution in [-0.2, 0) is 39.3 Å². The molecule has 0 amide bonds.